The minimum atomic E-state index is -3.02. The van der Waals surface area contributed by atoms with Gasteiger partial charge in [-0.2, -0.15) is 9.97 Å². The number of alkyl halides is 8. The summed E-state index contributed by atoms with van der Waals surface area (Å²) in [5, 5.41) is 36.8. The first kappa shape index (κ1) is 71.9. The highest BCUT2D eigenvalue weighted by molar-refractivity contribution is 5.25. The second-order valence-corrected chi connectivity index (χ2v) is 19.0. The Balaban J connectivity index is 0.000000525. The molecule has 4 aliphatic rings. The van der Waals surface area contributed by atoms with Crippen LogP contribution in [-0.4, -0.2) is 130 Å². The third-order valence-corrected chi connectivity index (χ3v) is 13.8. The second kappa shape index (κ2) is 25.3. The van der Waals surface area contributed by atoms with E-state index in [2.05, 4.69) is 19.4 Å². The zero-order valence-electron chi connectivity index (χ0n) is 41.8. The van der Waals surface area contributed by atoms with Crippen LogP contribution in [-0.2, 0) is 18.9 Å². The van der Waals surface area contributed by atoms with E-state index in [1.807, 2.05) is 9.97 Å². The maximum atomic E-state index is 14.7. The number of nitrogen functional groups attached to an aromatic ring is 2. The van der Waals surface area contributed by atoms with Crippen LogP contribution in [0.4, 0.5) is 46.8 Å². The lowest BCUT2D eigenvalue weighted by Gasteiger charge is -2.25. The van der Waals surface area contributed by atoms with Gasteiger partial charge in [0.25, 0.3) is 22.8 Å². The van der Waals surface area contributed by atoms with E-state index in [1.165, 1.54) is 46.0 Å². The Kier molecular flexibility index (Phi) is 22.7. The molecule has 4 fully saturated rings. The van der Waals surface area contributed by atoms with Crippen LogP contribution >= 0.6 is 0 Å². The number of halogens is 8. The Bertz CT molecular complexity index is 2900. The number of aliphatic hydroxyl groups excluding tert-OH is 4. The molecule has 0 aliphatic carbocycles. The fraction of sp³-hybridized carbons (Fsp3) is 0.667. The van der Waals surface area contributed by atoms with Gasteiger partial charge in [0.2, 0.25) is 11.7 Å². The van der Waals surface area contributed by atoms with Crippen LogP contribution in [0.15, 0.2) is 77.8 Å². The van der Waals surface area contributed by atoms with Crippen molar-refractivity contribution >= 4 is 11.6 Å². The summed E-state index contributed by atoms with van der Waals surface area (Å²) in [6.45, 7) is 7.53. The number of aromatic amines is 2. The number of H-pyrrole nitrogens is 2. The number of anilines is 2. The minimum absolute atomic E-state index is 0. The molecule has 0 unspecified atom stereocenters. The molecule has 4 aromatic rings. The summed E-state index contributed by atoms with van der Waals surface area (Å²) in [6, 6.07) is 4.53. The van der Waals surface area contributed by atoms with Crippen LogP contribution in [0.3, 0.4) is 0 Å². The van der Waals surface area contributed by atoms with E-state index < -0.39 is 142 Å². The van der Waals surface area contributed by atoms with Gasteiger partial charge in [-0.1, -0.05) is 57.4 Å². The molecule has 4 saturated heterocycles. The number of aliphatic hydroxyl groups is 4. The SMILES string of the molecule is C.C.C.C.CC[C@@]1(F)O[C@@H](n2ccc(=O)[nH]c2=O)[C@](C)(F)[C@@H]1C.CC[C@@]1(F)O[C@@H](n2ccc(N)nc2=O)[C@](C)(F)[C@@H]1C.C[C@]1(F)[C@H](n2ccc(=O)[nH]c2=O)O[C@](F)(CO)[C@H]1O.C[C@]1(F)[C@H](n2ccc(N)nc2=O)O[C@](F)(CO)[C@H]1O. The molecule has 4 aliphatic heterocycles. The first-order chi connectivity index (χ1) is 34.9. The number of hydrogen-bond donors (Lipinski definition) is 8. The summed E-state index contributed by atoms with van der Waals surface area (Å²) in [7, 11) is 0. The van der Waals surface area contributed by atoms with Gasteiger partial charge in [0.15, 0.2) is 59.8 Å². The van der Waals surface area contributed by atoms with Crippen LogP contribution in [0.2, 0.25) is 0 Å². The number of rotatable bonds is 8. The molecule has 32 heteroatoms. The molecule has 16 atom stereocenters. The largest absolute Gasteiger partial charge is 0.390 e. The topological polar surface area (TPSA) is 349 Å². The van der Waals surface area contributed by atoms with Crippen molar-refractivity contribution in [1.29, 1.82) is 0 Å². The summed E-state index contributed by atoms with van der Waals surface area (Å²) in [5.74, 6) is -12.4. The van der Waals surface area contributed by atoms with E-state index in [-0.39, 0.29) is 54.2 Å². The van der Waals surface area contributed by atoms with Crippen molar-refractivity contribution in [2.75, 3.05) is 24.7 Å². The molecule has 0 spiro atoms. The highest BCUT2D eigenvalue weighted by Gasteiger charge is 2.66. The van der Waals surface area contributed by atoms with E-state index >= 15 is 0 Å². The van der Waals surface area contributed by atoms with Crippen molar-refractivity contribution in [2.24, 2.45) is 11.8 Å². The molecule has 0 saturated carbocycles. The minimum Gasteiger partial charge on any atom is -0.390 e. The number of nitrogens with two attached hydrogens (primary N) is 2. The van der Waals surface area contributed by atoms with E-state index in [1.54, 1.807) is 13.8 Å². The van der Waals surface area contributed by atoms with Gasteiger partial charge >= 0.3 is 22.8 Å². The molecule has 456 valence electrons. The number of nitrogens with one attached hydrogen (secondary N) is 2. The number of nitrogens with zero attached hydrogens (tertiary/aromatic N) is 6. The molecular weight excluding hydrogens is 1090 g/mol. The van der Waals surface area contributed by atoms with Crippen LogP contribution in [0.1, 0.15) is 123 Å². The molecule has 0 bridgehead atoms. The first-order valence-corrected chi connectivity index (χ1v) is 23.0. The Labute approximate surface area is 452 Å². The summed E-state index contributed by atoms with van der Waals surface area (Å²) in [5.41, 5.74) is -3.61. The van der Waals surface area contributed by atoms with Gasteiger partial charge in [-0.15, -0.1) is 0 Å². The number of hydrogen-bond acceptors (Lipinski definition) is 18. The van der Waals surface area contributed by atoms with Crippen LogP contribution < -0.4 is 45.3 Å². The number of aromatic nitrogens is 8. The van der Waals surface area contributed by atoms with Crippen molar-refractivity contribution in [3.8, 4) is 0 Å². The van der Waals surface area contributed by atoms with Crippen LogP contribution in [0.25, 0.3) is 0 Å². The van der Waals surface area contributed by atoms with E-state index in [4.69, 9.17) is 31.2 Å². The summed E-state index contributed by atoms with van der Waals surface area (Å²) < 4.78 is 138. The number of ether oxygens (including phenoxy) is 4. The third-order valence-electron chi connectivity index (χ3n) is 13.8. The standard InChI is InChI=1S/C12H17F2N3O2.C12H16F2N2O3.C10H13F2N3O4.C10H12F2N2O5.4CH4/c1-4-12(14)7(2)11(3,13)9(19-12)17-6-5-8(15)16-10(17)18;1-4-12(14)7(2)11(3,13)9(19-12)16-6-5-8(17)15-10(16)18;1-9(11)6(17)10(12,4-16)19-7(9)15-3-2-5(13)14-8(15)18;1-9(11)6(17)10(12,4-15)19-7(9)14-3-2-5(16)13-8(14)18;;;;/h5-7,9H,4H2,1-3H3,(H2,15,16,18);5-7,9H,4H2,1-3H3,(H,15,17,18);2-3,6-7,16-17H,4H2,1H3,(H2,13,14,18);2-3,6-7,15,17H,4H2,1H3,(H,13,16,18);4*1H4/t2*7-,9+,11+,12+;2*6-,7+,9+,10+;;;;/m0000..../s1. The normalized spacial score (nSPS) is 36.6. The van der Waals surface area contributed by atoms with Gasteiger partial charge in [-0.25, -0.2) is 54.3 Å². The van der Waals surface area contributed by atoms with Gasteiger partial charge in [0.1, 0.15) is 24.8 Å². The summed E-state index contributed by atoms with van der Waals surface area (Å²) >= 11 is 0. The molecule has 10 N–H and O–H groups in total. The fourth-order valence-corrected chi connectivity index (χ4v) is 8.69. The quantitative estimate of drug-likeness (QED) is 0.116. The maximum absolute atomic E-state index is 14.7. The molecule has 0 aromatic carbocycles. The maximum Gasteiger partial charge on any atom is 0.351 e. The molecular formula is C48H74F8N10O14. The zero-order chi connectivity index (χ0) is 57.7. The lowest BCUT2D eigenvalue weighted by Crippen LogP contribution is -2.47. The van der Waals surface area contributed by atoms with Gasteiger partial charge in [-0.3, -0.25) is 37.8 Å². The average molecular weight is 1170 g/mol. The second-order valence-electron chi connectivity index (χ2n) is 19.0. The lowest BCUT2D eigenvalue weighted by molar-refractivity contribution is -0.207. The first-order valence-electron chi connectivity index (χ1n) is 23.0. The smallest absolute Gasteiger partial charge is 0.351 e. The van der Waals surface area contributed by atoms with E-state index in [9.17, 15) is 74.1 Å². The average Bonchev–Trinajstić information content (AvgIpc) is 3.82. The third kappa shape index (κ3) is 13.1. The Morgan fingerprint density at radius 1 is 0.500 bits per heavy atom. The molecule has 8 heterocycles. The van der Waals surface area contributed by atoms with E-state index in [0.717, 1.165) is 53.7 Å². The highest BCUT2D eigenvalue weighted by Crippen LogP contribution is 2.54. The van der Waals surface area contributed by atoms with Gasteiger partial charge in [0.05, 0.1) is 11.8 Å². The predicted molar refractivity (Wildman–Crippen MR) is 274 cm³/mol. The fourth-order valence-electron chi connectivity index (χ4n) is 8.69. The predicted octanol–water partition coefficient (Wildman–Crippen LogP) is 3.76. The summed E-state index contributed by atoms with van der Waals surface area (Å²) in [6.07, 6.45) is -6.53. The summed E-state index contributed by atoms with van der Waals surface area (Å²) in [4.78, 5) is 79.1. The molecule has 0 amide bonds. The zero-order valence-corrected chi connectivity index (χ0v) is 41.8. The van der Waals surface area contributed by atoms with Gasteiger partial charge in [-0.05, 0) is 39.8 Å². The Hall–Kier alpha value is -6.16. The molecule has 8 rings (SSSR count). The van der Waals surface area contributed by atoms with Crippen molar-refractivity contribution in [3.05, 3.63) is 112 Å². The van der Waals surface area contributed by atoms with Crippen LogP contribution in [0.5, 0.6) is 0 Å². The van der Waals surface area contributed by atoms with Gasteiger partial charge < -0.3 is 50.8 Å². The van der Waals surface area contributed by atoms with E-state index in [0.29, 0.717) is 9.13 Å². The molecule has 24 nitrogen and oxygen atoms in total. The van der Waals surface area contributed by atoms with Gasteiger partial charge in [0, 0.05) is 49.8 Å². The Morgan fingerprint density at radius 3 is 1.01 bits per heavy atom. The van der Waals surface area contributed by atoms with Crippen LogP contribution in [0, 0.1) is 11.8 Å². The molecule has 80 heavy (non-hydrogen) atoms. The van der Waals surface area contributed by atoms with Crippen molar-refractivity contribution in [2.45, 2.75) is 181 Å². The van der Waals surface area contributed by atoms with Crippen molar-refractivity contribution in [1.82, 2.24) is 38.2 Å². The highest BCUT2D eigenvalue weighted by atomic mass is 19.2. The Morgan fingerprint density at radius 2 is 0.762 bits per heavy atom. The molecule has 4 aromatic heterocycles. The monoisotopic (exact) mass is 1170 g/mol. The van der Waals surface area contributed by atoms with Crippen molar-refractivity contribution in [3.63, 3.8) is 0 Å². The lowest BCUT2D eigenvalue weighted by atomic mass is 9.87. The molecule has 0 radical (unpaired) electrons. The van der Waals surface area contributed by atoms with Crippen molar-refractivity contribution < 1.29 is 74.5 Å².